The Kier molecular flexibility index (Phi) is 4.22. The Balaban J connectivity index is 2.16. The number of hydrogen-bond donors (Lipinski definition) is 1. The van der Waals surface area contributed by atoms with E-state index in [0.29, 0.717) is 34.3 Å². The van der Waals surface area contributed by atoms with Gasteiger partial charge in [0, 0.05) is 11.6 Å². The van der Waals surface area contributed by atoms with Crippen LogP contribution in [0.5, 0.6) is 0 Å². The van der Waals surface area contributed by atoms with Crippen LogP contribution >= 0.6 is 23.2 Å². The molecule has 2 aromatic rings. The highest BCUT2D eigenvalue weighted by atomic mass is 35.5. The van der Waals surface area contributed by atoms with Crippen LogP contribution in [0.25, 0.3) is 11.5 Å². The molecule has 1 aromatic heterocycles. The van der Waals surface area contributed by atoms with E-state index < -0.39 is 0 Å². The summed E-state index contributed by atoms with van der Waals surface area (Å²) in [5, 5.41) is 8.08. The van der Waals surface area contributed by atoms with Gasteiger partial charge in [-0.15, -0.1) is 0 Å². The summed E-state index contributed by atoms with van der Waals surface area (Å²) in [6, 6.07) is 5.57. The fourth-order valence-corrected chi connectivity index (χ4v) is 1.67. The minimum Gasteiger partial charge on any atom is -0.334 e. The van der Waals surface area contributed by atoms with Gasteiger partial charge in [-0.3, -0.25) is 0 Å². The molecule has 0 aliphatic heterocycles. The predicted octanol–water partition coefficient (Wildman–Crippen LogP) is 3.54. The first kappa shape index (κ1) is 13.3. The highest BCUT2D eigenvalue weighted by Gasteiger charge is 2.10. The van der Waals surface area contributed by atoms with Gasteiger partial charge in [-0.1, -0.05) is 42.2 Å². The van der Waals surface area contributed by atoms with Crippen molar-refractivity contribution in [1.29, 1.82) is 0 Å². The van der Waals surface area contributed by atoms with Gasteiger partial charge in [0.2, 0.25) is 0 Å². The highest BCUT2D eigenvalue weighted by Crippen LogP contribution is 2.27. The van der Waals surface area contributed by atoms with E-state index in [-0.39, 0.29) is 0 Å². The molecule has 0 saturated heterocycles. The lowest BCUT2D eigenvalue weighted by atomic mass is 10.2. The number of nitrogens with zero attached hydrogens (tertiary/aromatic N) is 2. The molecule has 0 saturated carbocycles. The first-order valence-electron chi connectivity index (χ1n) is 5.57. The van der Waals surface area contributed by atoms with E-state index in [1.165, 1.54) is 0 Å². The molecule has 1 aromatic carbocycles. The first-order chi connectivity index (χ1) is 8.56. The first-order valence-corrected chi connectivity index (χ1v) is 6.33. The Hall–Kier alpha value is -1.10. The molecule has 6 heteroatoms. The molecule has 0 unspecified atom stereocenters. The molecule has 0 aliphatic carbocycles. The third-order valence-corrected chi connectivity index (χ3v) is 3.04. The molecule has 0 fully saturated rings. The average Bonchev–Trinajstić information content (AvgIpc) is 2.79. The molecule has 0 amide bonds. The maximum absolute atomic E-state index is 5.94. The number of nitrogens with one attached hydrogen (secondary N) is 1. The van der Waals surface area contributed by atoms with Crippen LogP contribution in [0.1, 0.15) is 19.7 Å². The number of hydrogen-bond acceptors (Lipinski definition) is 4. The summed E-state index contributed by atoms with van der Waals surface area (Å²) in [5.41, 5.74) is 0.757. The quantitative estimate of drug-likeness (QED) is 0.934. The SMILES string of the molecule is CC(C)NCc1noc(-c2ccc(Cl)c(Cl)c2)n1. The van der Waals surface area contributed by atoms with Gasteiger partial charge in [-0.05, 0) is 18.2 Å². The zero-order valence-corrected chi connectivity index (χ0v) is 11.6. The minimum atomic E-state index is 0.372. The summed E-state index contributed by atoms with van der Waals surface area (Å²) in [6.07, 6.45) is 0. The standard InChI is InChI=1S/C12H13Cl2N3O/c1-7(2)15-6-11-16-12(18-17-11)8-3-4-9(13)10(14)5-8/h3-5,7,15H,6H2,1-2H3. The number of rotatable bonds is 4. The molecule has 2 rings (SSSR count). The van der Waals surface area contributed by atoms with Crippen LogP contribution in [-0.2, 0) is 6.54 Å². The van der Waals surface area contributed by atoms with Crippen molar-refractivity contribution in [2.45, 2.75) is 26.4 Å². The van der Waals surface area contributed by atoms with Crippen LogP contribution in [0.15, 0.2) is 22.7 Å². The van der Waals surface area contributed by atoms with Crippen LogP contribution in [0, 0.1) is 0 Å². The third kappa shape index (κ3) is 3.22. The second-order valence-corrected chi connectivity index (χ2v) is 4.99. The molecular weight excluding hydrogens is 273 g/mol. The lowest BCUT2D eigenvalue weighted by molar-refractivity contribution is 0.417. The Morgan fingerprint density at radius 2 is 2.06 bits per heavy atom. The van der Waals surface area contributed by atoms with Gasteiger partial charge in [0.15, 0.2) is 5.82 Å². The van der Waals surface area contributed by atoms with Crippen LogP contribution in [0.4, 0.5) is 0 Å². The summed E-state index contributed by atoms with van der Waals surface area (Å²) < 4.78 is 5.18. The van der Waals surface area contributed by atoms with Crippen molar-refractivity contribution in [1.82, 2.24) is 15.5 Å². The number of halogens is 2. The monoisotopic (exact) mass is 285 g/mol. The summed E-state index contributed by atoms with van der Waals surface area (Å²) in [5.74, 6) is 1.05. The molecule has 18 heavy (non-hydrogen) atoms. The summed E-state index contributed by atoms with van der Waals surface area (Å²) in [6.45, 7) is 4.68. The van der Waals surface area contributed by atoms with Crippen molar-refractivity contribution in [3.05, 3.63) is 34.1 Å². The van der Waals surface area contributed by atoms with Crippen molar-refractivity contribution in [2.75, 3.05) is 0 Å². The Bertz CT molecular complexity index is 540. The van der Waals surface area contributed by atoms with E-state index in [1.807, 2.05) is 0 Å². The van der Waals surface area contributed by atoms with Gasteiger partial charge in [0.05, 0.1) is 16.6 Å². The van der Waals surface area contributed by atoms with Crippen LogP contribution < -0.4 is 5.32 Å². The van der Waals surface area contributed by atoms with Crippen molar-refractivity contribution in [3.63, 3.8) is 0 Å². The van der Waals surface area contributed by atoms with Gasteiger partial charge in [-0.2, -0.15) is 4.98 Å². The largest absolute Gasteiger partial charge is 0.334 e. The lowest BCUT2D eigenvalue weighted by Gasteiger charge is -2.03. The highest BCUT2D eigenvalue weighted by molar-refractivity contribution is 6.42. The van der Waals surface area contributed by atoms with E-state index in [0.717, 1.165) is 5.56 Å². The van der Waals surface area contributed by atoms with Crippen molar-refractivity contribution in [3.8, 4) is 11.5 Å². The number of benzene rings is 1. The zero-order valence-electron chi connectivity index (χ0n) is 10.1. The van der Waals surface area contributed by atoms with Crippen molar-refractivity contribution in [2.24, 2.45) is 0 Å². The minimum absolute atomic E-state index is 0.372. The fraction of sp³-hybridized carbons (Fsp3) is 0.333. The molecule has 0 aliphatic rings. The van der Waals surface area contributed by atoms with E-state index in [1.54, 1.807) is 18.2 Å². The summed E-state index contributed by atoms with van der Waals surface area (Å²) in [4.78, 5) is 4.28. The lowest BCUT2D eigenvalue weighted by Crippen LogP contribution is -2.22. The maximum atomic E-state index is 5.94. The Morgan fingerprint density at radius 1 is 1.28 bits per heavy atom. The number of aromatic nitrogens is 2. The molecule has 0 spiro atoms. The topological polar surface area (TPSA) is 51.0 Å². The zero-order chi connectivity index (χ0) is 13.1. The normalized spacial score (nSPS) is 11.2. The van der Waals surface area contributed by atoms with E-state index >= 15 is 0 Å². The summed E-state index contributed by atoms with van der Waals surface area (Å²) >= 11 is 11.8. The Morgan fingerprint density at radius 3 is 2.72 bits per heavy atom. The molecule has 1 N–H and O–H groups in total. The Labute approximate surface area is 115 Å². The van der Waals surface area contributed by atoms with Crippen molar-refractivity contribution < 1.29 is 4.52 Å². The van der Waals surface area contributed by atoms with Gasteiger partial charge < -0.3 is 9.84 Å². The fourth-order valence-electron chi connectivity index (χ4n) is 1.37. The third-order valence-electron chi connectivity index (χ3n) is 2.30. The maximum Gasteiger partial charge on any atom is 0.258 e. The van der Waals surface area contributed by atoms with Gasteiger partial charge in [0.25, 0.3) is 5.89 Å². The predicted molar refractivity (Wildman–Crippen MR) is 71.7 cm³/mol. The molecule has 4 nitrogen and oxygen atoms in total. The summed E-state index contributed by atoms with van der Waals surface area (Å²) in [7, 11) is 0. The molecule has 96 valence electrons. The molecule has 1 heterocycles. The molecule has 0 radical (unpaired) electrons. The van der Waals surface area contributed by atoms with Crippen LogP contribution in [-0.4, -0.2) is 16.2 Å². The second-order valence-electron chi connectivity index (χ2n) is 4.18. The molecular formula is C12H13Cl2N3O. The average molecular weight is 286 g/mol. The smallest absolute Gasteiger partial charge is 0.258 e. The van der Waals surface area contributed by atoms with Gasteiger partial charge in [-0.25, -0.2) is 0 Å². The van der Waals surface area contributed by atoms with Crippen molar-refractivity contribution >= 4 is 23.2 Å². The van der Waals surface area contributed by atoms with E-state index in [4.69, 9.17) is 27.7 Å². The molecule has 0 bridgehead atoms. The van der Waals surface area contributed by atoms with Gasteiger partial charge in [0.1, 0.15) is 0 Å². The van der Waals surface area contributed by atoms with Gasteiger partial charge >= 0.3 is 0 Å². The van der Waals surface area contributed by atoms with E-state index in [9.17, 15) is 0 Å². The molecule has 0 atom stereocenters. The second kappa shape index (κ2) is 5.69. The van der Waals surface area contributed by atoms with Crippen LogP contribution in [0.3, 0.4) is 0 Å². The van der Waals surface area contributed by atoms with Crippen LogP contribution in [0.2, 0.25) is 10.0 Å². The van der Waals surface area contributed by atoms with E-state index in [2.05, 4.69) is 29.3 Å².